The average Bonchev–Trinajstić information content (AvgIpc) is 3.11. The molecule has 3 aromatic heterocycles. The number of piperidine rings is 1. The van der Waals surface area contributed by atoms with E-state index in [1.807, 2.05) is 0 Å². The van der Waals surface area contributed by atoms with Crippen LogP contribution in [-0.2, 0) is 10.0 Å². The summed E-state index contributed by atoms with van der Waals surface area (Å²) < 4.78 is 52.5. The Hall–Kier alpha value is -2.53. The van der Waals surface area contributed by atoms with E-state index in [2.05, 4.69) is 20.1 Å². The molecule has 0 saturated carbocycles. The Labute approximate surface area is 160 Å². The fourth-order valence-corrected chi connectivity index (χ4v) is 4.31. The summed E-state index contributed by atoms with van der Waals surface area (Å²) in [6.45, 7) is 0.858. The average molecular weight is 408 g/mol. The van der Waals surface area contributed by atoms with Gasteiger partial charge < -0.3 is 0 Å². The molecule has 28 heavy (non-hydrogen) atoms. The minimum atomic E-state index is -3.27. The van der Waals surface area contributed by atoms with Crippen molar-refractivity contribution in [1.82, 2.24) is 28.9 Å². The third-order valence-electron chi connectivity index (χ3n) is 4.83. The number of imidazole rings is 1. The van der Waals surface area contributed by atoms with Crippen LogP contribution < -0.4 is 0 Å². The molecule has 1 aliphatic heterocycles. The molecule has 1 fully saturated rings. The summed E-state index contributed by atoms with van der Waals surface area (Å²) in [6.07, 6.45) is 2.97. The number of nitrogens with zero attached hydrogens (tertiary/aromatic N) is 6. The van der Waals surface area contributed by atoms with Gasteiger partial charge in [0, 0.05) is 24.7 Å². The highest BCUT2D eigenvalue weighted by atomic mass is 32.2. The van der Waals surface area contributed by atoms with Gasteiger partial charge in [0.05, 0.1) is 18.1 Å². The van der Waals surface area contributed by atoms with Crippen molar-refractivity contribution in [3.05, 3.63) is 42.1 Å². The lowest BCUT2D eigenvalue weighted by Gasteiger charge is -2.30. The van der Waals surface area contributed by atoms with Gasteiger partial charge in [0.2, 0.25) is 10.0 Å². The monoisotopic (exact) mass is 408 g/mol. The Balaban J connectivity index is 1.70. The molecule has 0 aromatic carbocycles. The lowest BCUT2D eigenvalue weighted by molar-refractivity contribution is 0.144. The van der Waals surface area contributed by atoms with E-state index >= 15 is 0 Å². The molecule has 8 nitrogen and oxygen atoms in total. The molecule has 11 heteroatoms. The number of aromatic nitrogens is 5. The maximum atomic E-state index is 13.0. The van der Waals surface area contributed by atoms with Gasteiger partial charge in [-0.25, -0.2) is 41.0 Å². The van der Waals surface area contributed by atoms with Gasteiger partial charge in [-0.2, -0.15) is 5.10 Å². The molecule has 4 heterocycles. The van der Waals surface area contributed by atoms with Gasteiger partial charge in [0.1, 0.15) is 17.7 Å². The molecule has 4 rings (SSSR count). The van der Waals surface area contributed by atoms with Crippen molar-refractivity contribution in [2.24, 2.45) is 0 Å². The van der Waals surface area contributed by atoms with Crippen LogP contribution >= 0.6 is 0 Å². The molecule has 0 amide bonds. The minimum Gasteiger partial charge on any atom is -0.241 e. The number of hydrogen-bond donors (Lipinski definition) is 0. The minimum absolute atomic E-state index is 0.0611. The van der Waals surface area contributed by atoms with Gasteiger partial charge in [-0.3, -0.25) is 0 Å². The molecular formula is C17H18F2N6O2S. The first kappa shape index (κ1) is 18.8. The number of halogens is 2. The number of rotatable bonds is 4. The second-order valence-corrected chi connectivity index (χ2v) is 8.74. The summed E-state index contributed by atoms with van der Waals surface area (Å²) in [4.78, 5) is 12.7. The van der Waals surface area contributed by atoms with Crippen molar-refractivity contribution in [3.63, 3.8) is 0 Å². The van der Waals surface area contributed by atoms with Gasteiger partial charge in [0.15, 0.2) is 5.65 Å². The molecule has 3 aromatic rings. The summed E-state index contributed by atoms with van der Waals surface area (Å²) in [5, 5.41) is 3.95. The quantitative estimate of drug-likeness (QED) is 0.657. The molecule has 0 N–H and O–H groups in total. The molecule has 0 bridgehead atoms. The first-order valence-corrected chi connectivity index (χ1v) is 10.6. The molecule has 148 valence electrons. The van der Waals surface area contributed by atoms with Crippen LogP contribution in [0.4, 0.5) is 8.78 Å². The van der Waals surface area contributed by atoms with Gasteiger partial charge in [-0.15, -0.1) is 0 Å². The molecule has 1 atom stereocenters. The fraction of sp³-hybridized carbons (Fsp3) is 0.412. The summed E-state index contributed by atoms with van der Waals surface area (Å²) >= 11 is 0. The van der Waals surface area contributed by atoms with Crippen LogP contribution in [0.2, 0.25) is 0 Å². The van der Waals surface area contributed by atoms with Crippen LogP contribution in [0.1, 0.15) is 36.6 Å². The third kappa shape index (κ3) is 3.59. The van der Waals surface area contributed by atoms with Crippen molar-refractivity contribution < 1.29 is 17.2 Å². The van der Waals surface area contributed by atoms with Gasteiger partial charge in [-0.1, -0.05) is 0 Å². The highest BCUT2D eigenvalue weighted by Gasteiger charge is 2.28. The van der Waals surface area contributed by atoms with Gasteiger partial charge in [-0.05, 0) is 31.0 Å². The van der Waals surface area contributed by atoms with Crippen LogP contribution in [0.25, 0.3) is 17.0 Å². The fourth-order valence-electron chi connectivity index (χ4n) is 3.40. The van der Waals surface area contributed by atoms with E-state index in [4.69, 9.17) is 0 Å². The lowest BCUT2D eigenvalue weighted by atomic mass is 9.95. The topological polar surface area (TPSA) is 93.4 Å². The predicted octanol–water partition coefficient (Wildman–Crippen LogP) is 2.26. The van der Waals surface area contributed by atoms with E-state index in [0.29, 0.717) is 35.8 Å². The van der Waals surface area contributed by atoms with Crippen LogP contribution in [0, 0.1) is 0 Å². The van der Waals surface area contributed by atoms with E-state index in [1.54, 1.807) is 6.07 Å². The largest absolute Gasteiger partial charge is 0.282 e. The summed E-state index contributed by atoms with van der Waals surface area (Å²) in [5.41, 5.74) is 1.75. The van der Waals surface area contributed by atoms with Gasteiger partial charge >= 0.3 is 0 Å². The highest BCUT2D eigenvalue weighted by molar-refractivity contribution is 7.88. The predicted molar refractivity (Wildman–Crippen MR) is 97.4 cm³/mol. The maximum Gasteiger partial charge on any atom is 0.282 e. The van der Waals surface area contributed by atoms with Crippen LogP contribution in [0.15, 0.2) is 30.7 Å². The first-order valence-electron chi connectivity index (χ1n) is 8.73. The summed E-state index contributed by atoms with van der Waals surface area (Å²) in [6, 6.07) is 4.46. The Kier molecular flexibility index (Phi) is 4.79. The maximum absolute atomic E-state index is 13.0. The molecule has 1 saturated heterocycles. The van der Waals surface area contributed by atoms with Crippen molar-refractivity contribution in [1.29, 1.82) is 0 Å². The number of fused-ring (bicyclic) bond motifs is 1. The third-order valence-corrected chi connectivity index (χ3v) is 6.10. The van der Waals surface area contributed by atoms with E-state index in [-0.39, 0.29) is 11.6 Å². The molecule has 1 unspecified atom stereocenters. The SMILES string of the molecule is CS(=O)(=O)N1CCCC(c2cc(-c3cnc4ccc(C(F)F)nn34)ncn2)C1. The molecule has 0 radical (unpaired) electrons. The van der Waals surface area contributed by atoms with Crippen molar-refractivity contribution in [2.75, 3.05) is 19.3 Å². The zero-order chi connectivity index (χ0) is 19.9. The summed E-state index contributed by atoms with van der Waals surface area (Å²) in [7, 11) is -3.27. The first-order chi connectivity index (χ1) is 13.3. The molecular weight excluding hydrogens is 390 g/mol. The Morgan fingerprint density at radius 2 is 2.04 bits per heavy atom. The Morgan fingerprint density at radius 3 is 2.79 bits per heavy atom. The van der Waals surface area contributed by atoms with E-state index < -0.39 is 16.4 Å². The van der Waals surface area contributed by atoms with Crippen molar-refractivity contribution in [3.8, 4) is 11.4 Å². The van der Waals surface area contributed by atoms with Crippen LogP contribution in [-0.4, -0.2) is 56.6 Å². The lowest BCUT2D eigenvalue weighted by Crippen LogP contribution is -2.38. The van der Waals surface area contributed by atoms with E-state index in [1.165, 1.54) is 39.7 Å². The number of hydrogen-bond acceptors (Lipinski definition) is 6. The zero-order valence-electron chi connectivity index (χ0n) is 15.0. The molecule has 0 aliphatic carbocycles. The van der Waals surface area contributed by atoms with Crippen molar-refractivity contribution in [2.45, 2.75) is 25.2 Å². The number of sulfonamides is 1. The second kappa shape index (κ2) is 7.13. The van der Waals surface area contributed by atoms with Crippen molar-refractivity contribution >= 4 is 15.7 Å². The Bertz CT molecular complexity index is 1120. The van der Waals surface area contributed by atoms with E-state index in [9.17, 15) is 17.2 Å². The smallest absolute Gasteiger partial charge is 0.241 e. The standard InChI is InChI=1S/C17H18F2N6O2S/c1-28(26,27)24-6-2-3-11(9-24)13-7-14(22-10-21-13)15-8-20-16-5-4-12(17(18)19)23-25(15)16/h4-5,7-8,10-11,17H,2-3,6,9H2,1H3. The highest BCUT2D eigenvalue weighted by Crippen LogP contribution is 2.29. The van der Waals surface area contributed by atoms with Crippen LogP contribution in [0.3, 0.4) is 0 Å². The van der Waals surface area contributed by atoms with Gasteiger partial charge in [0.25, 0.3) is 6.43 Å². The Morgan fingerprint density at radius 1 is 1.21 bits per heavy atom. The molecule has 0 spiro atoms. The number of alkyl halides is 2. The normalized spacial score (nSPS) is 18.8. The zero-order valence-corrected chi connectivity index (χ0v) is 15.9. The molecule has 1 aliphatic rings. The van der Waals surface area contributed by atoms with Crippen LogP contribution in [0.5, 0.6) is 0 Å². The van der Waals surface area contributed by atoms with E-state index in [0.717, 1.165) is 12.8 Å². The summed E-state index contributed by atoms with van der Waals surface area (Å²) in [5.74, 6) is -0.0611. The second-order valence-electron chi connectivity index (χ2n) is 6.76.